The van der Waals surface area contributed by atoms with E-state index in [1.54, 1.807) is 71.4 Å². The van der Waals surface area contributed by atoms with Gasteiger partial charge in [0.2, 0.25) is 0 Å². The fraction of sp³-hybridized carbons (Fsp3) is 0.100. The fourth-order valence-corrected chi connectivity index (χ4v) is 2.88. The average Bonchev–Trinajstić information content (AvgIpc) is 3.10. The fourth-order valence-electron chi connectivity index (χ4n) is 2.75. The lowest BCUT2D eigenvalue weighted by molar-refractivity contribution is 0.0993. The highest BCUT2D eigenvalue weighted by Gasteiger charge is 2.14. The number of amides is 1. The van der Waals surface area contributed by atoms with Crippen LogP contribution in [-0.4, -0.2) is 32.5 Å². The molecule has 0 fully saturated rings. The quantitative estimate of drug-likeness (QED) is 0.522. The van der Waals surface area contributed by atoms with Crippen molar-refractivity contribution >= 4 is 34.4 Å². The van der Waals surface area contributed by atoms with Crippen molar-refractivity contribution in [3.63, 3.8) is 0 Å². The molecule has 8 heteroatoms. The van der Waals surface area contributed by atoms with Crippen molar-refractivity contribution in [3.05, 3.63) is 71.8 Å². The zero-order valence-electron chi connectivity index (χ0n) is 15.2. The third-order valence-corrected chi connectivity index (χ3v) is 4.55. The highest BCUT2D eigenvalue weighted by atomic mass is 35.5. The molecule has 0 spiro atoms. The van der Waals surface area contributed by atoms with Crippen LogP contribution in [0.3, 0.4) is 0 Å². The van der Waals surface area contributed by atoms with Gasteiger partial charge in [-0.25, -0.2) is 9.97 Å². The Morgan fingerprint density at radius 2 is 1.75 bits per heavy atom. The summed E-state index contributed by atoms with van der Waals surface area (Å²) in [7, 11) is 3.57. The average molecular weight is 394 g/mol. The lowest BCUT2D eigenvalue weighted by atomic mass is 10.2. The summed E-state index contributed by atoms with van der Waals surface area (Å²) in [5.74, 6) is 0.835. The predicted molar refractivity (Wildman–Crippen MR) is 107 cm³/mol. The van der Waals surface area contributed by atoms with Crippen LogP contribution in [0.1, 0.15) is 10.4 Å². The lowest BCUT2D eigenvalue weighted by Gasteiger charge is -2.18. The second-order valence-electron chi connectivity index (χ2n) is 6.17. The first kappa shape index (κ1) is 17.9. The third-order valence-electron chi connectivity index (χ3n) is 4.30. The molecule has 140 valence electrons. The molecule has 0 N–H and O–H groups in total. The van der Waals surface area contributed by atoms with Crippen LogP contribution in [0, 0.1) is 0 Å². The number of hydrogen-bond acceptors (Lipinski definition) is 5. The Labute approximate surface area is 166 Å². The largest absolute Gasteiger partial charge is 0.437 e. The smallest absolute Gasteiger partial charge is 0.258 e. The molecule has 0 unspecified atom stereocenters. The Morgan fingerprint density at radius 3 is 2.46 bits per heavy atom. The van der Waals surface area contributed by atoms with E-state index < -0.39 is 0 Å². The summed E-state index contributed by atoms with van der Waals surface area (Å²) in [5, 5.41) is 0.590. The normalized spacial score (nSPS) is 10.8. The van der Waals surface area contributed by atoms with E-state index in [1.165, 1.54) is 6.33 Å². The van der Waals surface area contributed by atoms with Crippen LogP contribution in [0.4, 0.5) is 5.69 Å². The molecular formula is C20H16ClN5O2. The van der Waals surface area contributed by atoms with Gasteiger partial charge in [-0.2, -0.15) is 4.98 Å². The first-order valence-corrected chi connectivity index (χ1v) is 8.84. The Bertz CT molecular complexity index is 1140. The maximum absolute atomic E-state index is 12.6. The zero-order chi connectivity index (χ0) is 19.7. The number of rotatable bonds is 4. The summed E-state index contributed by atoms with van der Waals surface area (Å²) in [6.45, 7) is 0. The minimum absolute atomic E-state index is 0.128. The highest BCUT2D eigenvalue weighted by molar-refractivity contribution is 6.30. The van der Waals surface area contributed by atoms with E-state index in [2.05, 4.69) is 15.0 Å². The molecular weight excluding hydrogens is 378 g/mol. The van der Waals surface area contributed by atoms with E-state index in [1.807, 2.05) is 7.05 Å². The number of imidazole rings is 1. The number of carbonyl (C=O) groups excluding carboxylic acids is 1. The van der Waals surface area contributed by atoms with Crippen molar-refractivity contribution in [1.29, 1.82) is 0 Å². The Kier molecular flexibility index (Phi) is 4.67. The van der Waals surface area contributed by atoms with E-state index in [-0.39, 0.29) is 5.91 Å². The molecule has 0 radical (unpaired) electrons. The van der Waals surface area contributed by atoms with Crippen molar-refractivity contribution in [3.8, 4) is 11.6 Å². The lowest BCUT2D eigenvalue weighted by Crippen LogP contribution is -2.26. The summed E-state index contributed by atoms with van der Waals surface area (Å²) in [4.78, 5) is 26.8. The molecule has 4 rings (SSSR count). The number of carbonyl (C=O) groups is 1. The van der Waals surface area contributed by atoms with Crippen LogP contribution in [-0.2, 0) is 7.05 Å². The Morgan fingerprint density at radius 1 is 1.04 bits per heavy atom. The summed E-state index contributed by atoms with van der Waals surface area (Å²) in [6, 6.07) is 14.0. The monoisotopic (exact) mass is 393 g/mol. The standard InChI is InChI=1S/C20H16ClN5O2/c1-25-12-24-17-18(25)22-11-23-19(17)28-16-9-7-15(8-10-16)26(2)20(27)13-3-5-14(21)6-4-13/h3-12H,1-2H3. The highest BCUT2D eigenvalue weighted by Crippen LogP contribution is 2.27. The molecule has 0 saturated heterocycles. The van der Waals surface area contributed by atoms with Gasteiger partial charge in [0, 0.05) is 30.4 Å². The van der Waals surface area contributed by atoms with Gasteiger partial charge in [0.05, 0.1) is 6.33 Å². The van der Waals surface area contributed by atoms with Crippen molar-refractivity contribution in [2.75, 3.05) is 11.9 Å². The van der Waals surface area contributed by atoms with Gasteiger partial charge in [-0.05, 0) is 48.5 Å². The minimum atomic E-state index is -0.128. The summed E-state index contributed by atoms with van der Waals surface area (Å²) in [6.07, 6.45) is 3.10. The number of fused-ring (bicyclic) bond motifs is 1. The predicted octanol–water partition coefficient (Wildman–Crippen LogP) is 4.09. The van der Waals surface area contributed by atoms with Gasteiger partial charge in [0.25, 0.3) is 11.8 Å². The maximum Gasteiger partial charge on any atom is 0.258 e. The number of nitrogens with zero attached hydrogens (tertiary/aromatic N) is 5. The molecule has 0 bridgehead atoms. The molecule has 2 aromatic carbocycles. The van der Waals surface area contributed by atoms with Crippen molar-refractivity contribution < 1.29 is 9.53 Å². The van der Waals surface area contributed by atoms with Crippen LogP contribution in [0.2, 0.25) is 5.02 Å². The van der Waals surface area contributed by atoms with Crippen LogP contribution < -0.4 is 9.64 Å². The topological polar surface area (TPSA) is 73.1 Å². The van der Waals surface area contributed by atoms with Crippen molar-refractivity contribution in [2.45, 2.75) is 0 Å². The number of anilines is 1. The zero-order valence-corrected chi connectivity index (χ0v) is 16.0. The van der Waals surface area contributed by atoms with Crippen LogP contribution in [0.25, 0.3) is 11.2 Å². The molecule has 4 aromatic rings. The third kappa shape index (κ3) is 3.39. The molecule has 0 aliphatic carbocycles. The second-order valence-corrected chi connectivity index (χ2v) is 6.61. The van der Waals surface area contributed by atoms with Gasteiger partial charge in [-0.1, -0.05) is 11.6 Å². The SMILES string of the molecule is CN(C(=O)c1ccc(Cl)cc1)c1ccc(Oc2ncnc3c2ncn3C)cc1. The van der Waals surface area contributed by atoms with E-state index in [0.717, 1.165) is 5.69 Å². The molecule has 0 saturated carbocycles. The maximum atomic E-state index is 12.6. The number of hydrogen-bond donors (Lipinski definition) is 0. The van der Waals surface area contributed by atoms with Crippen LogP contribution >= 0.6 is 11.6 Å². The van der Waals surface area contributed by atoms with Crippen LogP contribution in [0.5, 0.6) is 11.6 Å². The first-order valence-electron chi connectivity index (χ1n) is 8.46. The van der Waals surface area contributed by atoms with Gasteiger partial charge in [-0.3, -0.25) is 4.79 Å². The molecule has 2 aromatic heterocycles. The van der Waals surface area contributed by atoms with E-state index >= 15 is 0 Å². The number of halogens is 1. The van der Waals surface area contributed by atoms with Crippen LogP contribution in [0.15, 0.2) is 61.2 Å². The molecule has 0 atom stereocenters. The summed E-state index contributed by atoms with van der Waals surface area (Å²) >= 11 is 5.88. The van der Waals surface area contributed by atoms with E-state index in [4.69, 9.17) is 16.3 Å². The number of benzene rings is 2. The second kappa shape index (κ2) is 7.28. The molecule has 28 heavy (non-hydrogen) atoms. The number of aromatic nitrogens is 4. The first-order chi connectivity index (χ1) is 13.5. The molecule has 2 heterocycles. The number of aryl methyl sites for hydroxylation is 1. The van der Waals surface area contributed by atoms with Crippen molar-refractivity contribution in [1.82, 2.24) is 19.5 Å². The minimum Gasteiger partial charge on any atom is -0.437 e. The van der Waals surface area contributed by atoms with E-state index in [9.17, 15) is 4.79 Å². The molecule has 1 amide bonds. The number of ether oxygens (including phenoxy) is 1. The summed E-state index contributed by atoms with van der Waals surface area (Å²) < 4.78 is 7.65. The van der Waals surface area contributed by atoms with Gasteiger partial charge < -0.3 is 14.2 Å². The molecule has 0 aliphatic heterocycles. The summed E-state index contributed by atoms with van der Waals surface area (Å²) in [5.41, 5.74) is 2.57. The van der Waals surface area contributed by atoms with Gasteiger partial charge in [0.1, 0.15) is 12.1 Å². The van der Waals surface area contributed by atoms with Gasteiger partial charge in [0.15, 0.2) is 11.2 Å². The van der Waals surface area contributed by atoms with Gasteiger partial charge >= 0.3 is 0 Å². The Balaban J connectivity index is 1.53. The Hall–Kier alpha value is -3.45. The van der Waals surface area contributed by atoms with Crippen molar-refractivity contribution in [2.24, 2.45) is 7.05 Å². The molecule has 7 nitrogen and oxygen atoms in total. The van der Waals surface area contributed by atoms with E-state index in [0.29, 0.717) is 33.4 Å². The van der Waals surface area contributed by atoms with Gasteiger partial charge in [-0.15, -0.1) is 0 Å². The molecule has 0 aliphatic rings.